The Balaban J connectivity index is 0.000000658. The lowest BCUT2D eigenvalue weighted by Crippen LogP contribution is -2.68. The van der Waals surface area contributed by atoms with Gasteiger partial charge >= 0.3 is 5.69 Å². The van der Waals surface area contributed by atoms with Crippen molar-refractivity contribution in [2.24, 2.45) is 14.1 Å². The van der Waals surface area contributed by atoms with E-state index in [0.717, 1.165) is 16.0 Å². The van der Waals surface area contributed by atoms with Crippen LogP contribution in [-0.2, 0) is 27.2 Å². The van der Waals surface area contributed by atoms with E-state index in [4.69, 9.17) is 30.1 Å². The van der Waals surface area contributed by atoms with E-state index >= 15 is 0 Å². The van der Waals surface area contributed by atoms with Crippen LogP contribution in [0.3, 0.4) is 0 Å². The van der Waals surface area contributed by atoms with Crippen LogP contribution < -0.4 is 50.5 Å². The molecule has 0 aliphatic rings. The zero-order valence-corrected chi connectivity index (χ0v) is 20.5. The molecule has 17 heteroatoms. The molecule has 0 aromatic carbocycles. The number of fused-ring (bicyclic) bond motifs is 1. The molecule has 0 fully saturated rings. The van der Waals surface area contributed by atoms with Gasteiger partial charge in [0, 0.05) is 13.8 Å². The maximum absolute atomic E-state index is 13.3. The van der Waals surface area contributed by atoms with Crippen LogP contribution in [0.15, 0.2) is 28.3 Å². The minimum absolute atomic E-state index is 0.0224. The van der Waals surface area contributed by atoms with Gasteiger partial charge in [0.2, 0.25) is 11.6 Å². The highest BCUT2D eigenvalue weighted by Gasteiger charge is 2.19. The van der Waals surface area contributed by atoms with Crippen LogP contribution in [0.2, 0.25) is 0 Å². The molecule has 4 rings (SSSR count). The third kappa shape index (κ3) is 5.99. The molecule has 16 nitrogen and oxygen atoms in total. The average molecular weight is 524 g/mol. The van der Waals surface area contributed by atoms with Gasteiger partial charge in [-0.1, -0.05) is 0 Å². The molecule has 0 aliphatic heterocycles. The number of H-pyrrole nitrogens is 1. The monoisotopic (exact) mass is 523 g/mol. The van der Waals surface area contributed by atoms with Crippen molar-refractivity contribution >= 4 is 22.8 Å². The molecule has 4 heterocycles. The summed E-state index contributed by atoms with van der Waals surface area (Å²) in [5, 5.41) is 0. The van der Waals surface area contributed by atoms with Gasteiger partial charge in [0.1, 0.15) is 12.4 Å². The molecule has 0 bridgehead atoms. The minimum atomic E-state index is -4.94. The molecule has 0 saturated carbocycles. The summed E-state index contributed by atoms with van der Waals surface area (Å²) in [6.07, 6.45) is 5.10. The topological polar surface area (TPSA) is 250 Å². The van der Waals surface area contributed by atoms with E-state index < -0.39 is 21.5 Å². The molecule has 192 valence electrons. The maximum atomic E-state index is 13.3. The quantitative estimate of drug-likeness (QED) is 0.212. The number of anilines is 2. The fourth-order valence-corrected chi connectivity index (χ4v) is 3.38. The molecular weight excluding hydrogens is 500 g/mol. The number of hydrogen-bond donors (Lipinski definition) is 3. The molecule has 5 N–H and O–H groups in total. The molecule has 0 atom stereocenters. The van der Waals surface area contributed by atoms with Crippen LogP contribution in [0.1, 0.15) is 22.8 Å². The lowest BCUT2D eigenvalue weighted by atomic mass is 10.3. The molecule has 4 aromatic heterocycles. The van der Waals surface area contributed by atoms with Crippen molar-refractivity contribution in [2.75, 3.05) is 11.5 Å². The van der Waals surface area contributed by atoms with Gasteiger partial charge in [-0.3, -0.25) is 14.3 Å². The number of aryl methyl sites for hydroxylation is 4. The van der Waals surface area contributed by atoms with E-state index in [-0.39, 0.29) is 30.1 Å². The second-order valence-corrected chi connectivity index (χ2v) is 8.64. The molecule has 4 aromatic rings. The highest BCUT2D eigenvalue weighted by atomic mass is 35.7. The normalized spacial score (nSPS) is 11.4. The van der Waals surface area contributed by atoms with Gasteiger partial charge in [0.25, 0.3) is 17.2 Å². The van der Waals surface area contributed by atoms with Crippen LogP contribution in [0.4, 0.5) is 11.6 Å². The van der Waals surface area contributed by atoms with Gasteiger partial charge in [-0.15, -0.1) is 10.2 Å². The van der Waals surface area contributed by atoms with Gasteiger partial charge in [-0.25, -0.2) is 37.5 Å². The molecule has 0 aliphatic carbocycles. The second-order valence-electron chi connectivity index (χ2n) is 7.89. The summed E-state index contributed by atoms with van der Waals surface area (Å²) in [6, 6.07) is 0. The summed E-state index contributed by atoms with van der Waals surface area (Å²) in [7, 11) is -1.27. The van der Waals surface area contributed by atoms with Crippen LogP contribution in [0.25, 0.3) is 11.2 Å². The van der Waals surface area contributed by atoms with Crippen molar-refractivity contribution in [3.8, 4) is 0 Å². The predicted molar refractivity (Wildman–Crippen MR) is 112 cm³/mol. The van der Waals surface area contributed by atoms with Gasteiger partial charge in [0.05, 0.1) is 44.6 Å². The van der Waals surface area contributed by atoms with Gasteiger partial charge in [-0.2, -0.15) is 0 Å². The Labute approximate surface area is 205 Å². The van der Waals surface area contributed by atoms with E-state index in [0.29, 0.717) is 17.2 Å². The molecule has 0 radical (unpaired) electrons. The average Bonchev–Trinajstić information content (AvgIpc) is 3.14. The van der Waals surface area contributed by atoms with Gasteiger partial charge in [-0.05, 0) is 9.97 Å². The lowest BCUT2D eigenvalue weighted by molar-refractivity contribution is -2.00. The summed E-state index contributed by atoms with van der Waals surface area (Å²) < 4.78 is 40.3. The number of nitrogens with two attached hydrogens (primary N) is 2. The first-order valence-corrected chi connectivity index (χ1v) is 11.4. The van der Waals surface area contributed by atoms with Crippen LogP contribution in [-0.4, -0.2) is 29.1 Å². The molecule has 0 spiro atoms. The number of halogens is 1. The van der Waals surface area contributed by atoms with Crippen molar-refractivity contribution in [3.05, 3.63) is 62.3 Å². The molecular formula is C19H24ClN10O6+. The van der Waals surface area contributed by atoms with Gasteiger partial charge < -0.3 is 16.0 Å². The summed E-state index contributed by atoms with van der Waals surface area (Å²) in [5.74, 6) is 2.11. The summed E-state index contributed by atoms with van der Waals surface area (Å²) in [5.41, 5.74) is 12.8. The van der Waals surface area contributed by atoms with Crippen LogP contribution >= 0.6 is 0 Å². The number of nitrogens with zero attached hydrogens (tertiary/aromatic N) is 7. The summed E-state index contributed by atoms with van der Waals surface area (Å²) >= 11 is 0. The van der Waals surface area contributed by atoms with Crippen molar-refractivity contribution < 1.29 is 38.0 Å². The number of nitrogens with one attached hydrogen (secondary N) is 1. The molecule has 0 amide bonds. The number of aromatic amines is 1. The SMILES string of the molecule is Cc1nc(N)c(Cn2c(=O)[nH]c3ncn(Cc4c[n+](C)c(C)nc4N)c3c2=O)c[n+]1C.[O-][Cl+3]([O-])([O-])[O-]. The van der Waals surface area contributed by atoms with Crippen LogP contribution in [0, 0.1) is 24.1 Å². The third-order valence-electron chi connectivity index (χ3n) is 5.37. The van der Waals surface area contributed by atoms with E-state index in [1.54, 1.807) is 15.3 Å². The molecule has 36 heavy (non-hydrogen) atoms. The third-order valence-corrected chi connectivity index (χ3v) is 5.37. The zero-order chi connectivity index (χ0) is 26.9. The lowest BCUT2D eigenvalue weighted by Gasteiger charge is -2.17. The van der Waals surface area contributed by atoms with Crippen molar-refractivity contribution in [2.45, 2.75) is 26.9 Å². The fourth-order valence-electron chi connectivity index (χ4n) is 3.38. The maximum Gasteiger partial charge on any atom is 0.330 e. The zero-order valence-electron chi connectivity index (χ0n) is 19.8. The second kappa shape index (κ2) is 9.96. The van der Waals surface area contributed by atoms with Gasteiger partial charge in [0.15, 0.2) is 11.2 Å². The first-order valence-electron chi connectivity index (χ1n) is 10.2. The Hall–Kier alpha value is -3.96. The Kier molecular flexibility index (Phi) is 7.37. The molecule has 0 unspecified atom stereocenters. The van der Waals surface area contributed by atoms with E-state index in [1.165, 1.54) is 6.33 Å². The van der Waals surface area contributed by atoms with Crippen molar-refractivity contribution in [1.29, 1.82) is 0 Å². The summed E-state index contributed by atoms with van der Waals surface area (Å²) in [4.78, 5) is 41.2. The van der Waals surface area contributed by atoms with Crippen LogP contribution in [0.5, 0.6) is 0 Å². The number of nitrogen functional groups attached to an aromatic ring is 2. The number of aromatic nitrogens is 8. The van der Waals surface area contributed by atoms with E-state index in [9.17, 15) is 9.59 Å². The number of rotatable bonds is 4. The Morgan fingerprint density at radius 3 is 1.92 bits per heavy atom. The fraction of sp³-hybridized carbons (Fsp3) is 0.316. The first kappa shape index (κ1) is 26.6. The Bertz CT molecular complexity index is 1550. The number of hydrogen-bond acceptors (Lipinski definition) is 11. The first-order chi connectivity index (χ1) is 16.7. The largest absolute Gasteiger partial charge is 0.362 e. The number of imidazole rings is 1. The predicted octanol–water partition coefficient (Wildman–Crippen LogP) is -6.55. The van der Waals surface area contributed by atoms with E-state index in [1.807, 2.05) is 38.7 Å². The highest BCUT2D eigenvalue weighted by Crippen LogP contribution is 2.12. The summed E-state index contributed by atoms with van der Waals surface area (Å²) in [6.45, 7) is 3.91. The Morgan fingerprint density at radius 2 is 1.42 bits per heavy atom. The van der Waals surface area contributed by atoms with Crippen molar-refractivity contribution in [3.63, 3.8) is 0 Å². The highest BCUT2D eigenvalue weighted by molar-refractivity contribution is 5.69. The van der Waals surface area contributed by atoms with E-state index in [2.05, 4.69) is 19.9 Å². The van der Waals surface area contributed by atoms with Crippen molar-refractivity contribution in [1.82, 2.24) is 29.1 Å². The minimum Gasteiger partial charge on any atom is -0.362 e. The standard InChI is InChI=1S/C19H22N10O2.ClHO4/c1-10-23-15(20)12(5-26(10)3)7-28-9-22-17-14(28)18(30)29(19(31)25-17)8-13-6-27(4)11(2)24-16(13)21;2-1(3,4)5/h5-6,9,20-21H,7-8H2,1-4H3,(H,25,30,31);(H,2,3,4,5)/p+1. The smallest absolute Gasteiger partial charge is 0.330 e. The molecule has 0 saturated heterocycles. The Morgan fingerprint density at radius 1 is 0.944 bits per heavy atom.